The summed E-state index contributed by atoms with van der Waals surface area (Å²) in [6, 6.07) is 28.0. The molecule has 0 aliphatic heterocycles. The molecule has 4 heteroatoms. The molecule has 0 saturated heterocycles. The van der Waals surface area contributed by atoms with Crippen molar-refractivity contribution in [3.05, 3.63) is 131 Å². The van der Waals surface area contributed by atoms with Gasteiger partial charge in [-0.05, 0) is 23.6 Å². The first-order chi connectivity index (χ1) is 14.6. The molecule has 0 radical (unpaired) electrons. The Bertz CT molecular complexity index is 996. The van der Waals surface area contributed by atoms with Gasteiger partial charge in [0.05, 0.1) is 0 Å². The summed E-state index contributed by atoms with van der Waals surface area (Å²) < 4.78 is 11.8. The first-order valence-corrected chi connectivity index (χ1v) is 9.95. The van der Waals surface area contributed by atoms with Crippen LogP contribution >= 0.6 is 0 Å². The normalized spacial score (nSPS) is 12.2. The molecule has 0 amide bonds. The number of hydrogen-bond acceptors (Lipinski definition) is 4. The summed E-state index contributed by atoms with van der Waals surface area (Å²) in [5.41, 5.74) is 17.6. The van der Waals surface area contributed by atoms with Crippen LogP contribution in [-0.2, 0) is 29.1 Å². The Kier molecular flexibility index (Phi) is 7.56. The van der Waals surface area contributed by atoms with E-state index in [0.717, 1.165) is 16.7 Å². The maximum atomic E-state index is 6.31. The molecule has 0 atom stereocenters. The third kappa shape index (κ3) is 6.74. The first kappa shape index (κ1) is 21.1. The van der Waals surface area contributed by atoms with E-state index in [9.17, 15) is 0 Å². The number of rotatable bonds is 9. The number of ether oxygens (including phenoxy) is 2. The van der Waals surface area contributed by atoms with Gasteiger partial charge in [-0.25, -0.2) is 0 Å². The molecule has 0 aliphatic rings. The standard InChI is InChI=1S/C26H28N2O2/c1-20-9-8-14-23(15-20)16-24(27)17-25(29-18-21-10-4-2-5-11-21)26(28)30-19-22-12-6-3-7-13-22/h2-15,17H,16,18-19,27-28H2,1H3/b24-17-,26-25-. The van der Waals surface area contributed by atoms with Gasteiger partial charge in [0.1, 0.15) is 13.2 Å². The minimum absolute atomic E-state index is 0.210. The van der Waals surface area contributed by atoms with E-state index in [1.807, 2.05) is 66.7 Å². The highest BCUT2D eigenvalue weighted by Crippen LogP contribution is 2.15. The van der Waals surface area contributed by atoms with Gasteiger partial charge in [0.2, 0.25) is 5.88 Å². The SMILES string of the molecule is Cc1cccc(C/C(N)=C/C(OCc2ccccc2)=C(\N)OCc2ccccc2)c1. The molecule has 0 heterocycles. The predicted octanol–water partition coefficient (Wildman–Crippen LogP) is 4.94. The van der Waals surface area contributed by atoms with Crippen molar-refractivity contribution in [1.29, 1.82) is 0 Å². The van der Waals surface area contributed by atoms with Gasteiger partial charge in [-0.15, -0.1) is 0 Å². The summed E-state index contributed by atoms with van der Waals surface area (Å²) in [5, 5.41) is 0. The van der Waals surface area contributed by atoms with Crippen LogP contribution in [0.5, 0.6) is 0 Å². The molecular weight excluding hydrogens is 372 g/mol. The van der Waals surface area contributed by atoms with E-state index in [0.29, 0.717) is 31.1 Å². The Hall–Kier alpha value is -3.66. The lowest BCUT2D eigenvalue weighted by Gasteiger charge is -2.13. The predicted molar refractivity (Wildman–Crippen MR) is 121 cm³/mol. The molecule has 0 aromatic heterocycles. The van der Waals surface area contributed by atoms with Crippen molar-refractivity contribution in [1.82, 2.24) is 0 Å². The Morgan fingerprint density at radius 3 is 1.90 bits per heavy atom. The van der Waals surface area contributed by atoms with Crippen molar-refractivity contribution < 1.29 is 9.47 Å². The van der Waals surface area contributed by atoms with Crippen LogP contribution < -0.4 is 11.5 Å². The van der Waals surface area contributed by atoms with Crippen LogP contribution in [0.4, 0.5) is 0 Å². The van der Waals surface area contributed by atoms with Crippen LogP contribution in [0.15, 0.2) is 108 Å². The zero-order valence-electron chi connectivity index (χ0n) is 17.3. The lowest BCUT2D eigenvalue weighted by atomic mass is 10.1. The van der Waals surface area contributed by atoms with Gasteiger partial charge in [-0.2, -0.15) is 0 Å². The highest BCUT2D eigenvalue weighted by Gasteiger charge is 2.08. The summed E-state index contributed by atoms with van der Waals surface area (Å²) in [7, 11) is 0. The van der Waals surface area contributed by atoms with Crippen LogP contribution in [-0.4, -0.2) is 0 Å². The third-order valence-corrected chi connectivity index (χ3v) is 4.52. The molecule has 0 spiro atoms. The van der Waals surface area contributed by atoms with Crippen molar-refractivity contribution in [2.75, 3.05) is 0 Å². The monoisotopic (exact) mass is 400 g/mol. The molecule has 4 N–H and O–H groups in total. The Balaban J connectivity index is 1.76. The quantitative estimate of drug-likeness (QED) is 0.394. The second kappa shape index (κ2) is 10.8. The van der Waals surface area contributed by atoms with E-state index in [4.69, 9.17) is 20.9 Å². The van der Waals surface area contributed by atoms with Crippen molar-refractivity contribution >= 4 is 0 Å². The van der Waals surface area contributed by atoms with E-state index >= 15 is 0 Å². The van der Waals surface area contributed by atoms with Crippen molar-refractivity contribution in [2.45, 2.75) is 26.6 Å². The van der Waals surface area contributed by atoms with E-state index in [1.165, 1.54) is 5.56 Å². The van der Waals surface area contributed by atoms with Gasteiger partial charge in [0.15, 0.2) is 5.76 Å². The van der Waals surface area contributed by atoms with Gasteiger partial charge in [0, 0.05) is 18.2 Å². The Morgan fingerprint density at radius 2 is 1.30 bits per heavy atom. The lowest BCUT2D eigenvalue weighted by molar-refractivity contribution is 0.144. The molecular formula is C26H28N2O2. The average Bonchev–Trinajstić information content (AvgIpc) is 2.76. The number of benzene rings is 3. The summed E-state index contributed by atoms with van der Waals surface area (Å²) in [6.45, 7) is 2.80. The molecule has 0 unspecified atom stereocenters. The summed E-state index contributed by atoms with van der Waals surface area (Å²) >= 11 is 0. The van der Waals surface area contributed by atoms with Crippen LogP contribution in [0.3, 0.4) is 0 Å². The van der Waals surface area contributed by atoms with Crippen LogP contribution in [0, 0.1) is 6.92 Å². The summed E-state index contributed by atoms with van der Waals surface area (Å²) in [6.07, 6.45) is 2.36. The molecule has 154 valence electrons. The molecule has 30 heavy (non-hydrogen) atoms. The lowest BCUT2D eigenvalue weighted by Crippen LogP contribution is -2.11. The molecule has 0 saturated carbocycles. The molecule has 4 nitrogen and oxygen atoms in total. The summed E-state index contributed by atoms with van der Waals surface area (Å²) in [4.78, 5) is 0. The van der Waals surface area contributed by atoms with Crippen LogP contribution in [0.25, 0.3) is 0 Å². The van der Waals surface area contributed by atoms with Crippen molar-refractivity contribution in [3.63, 3.8) is 0 Å². The second-order valence-corrected chi connectivity index (χ2v) is 7.16. The maximum absolute atomic E-state index is 6.31. The molecule has 0 aliphatic carbocycles. The van der Waals surface area contributed by atoms with E-state index < -0.39 is 0 Å². The van der Waals surface area contributed by atoms with Gasteiger partial charge in [0.25, 0.3) is 0 Å². The molecule has 3 rings (SSSR count). The van der Waals surface area contributed by atoms with Gasteiger partial charge < -0.3 is 20.9 Å². The highest BCUT2D eigenvalue weighted by atomic mass is 16.5. The van der Waals surface area contributed by atoms with E-state index in [2.05, 4.69) is 25.1 Å². The average molecular weight is 401 g/mol. The van der Waals surface area contributed by atoms with Crippen LogP contribution in [0.1, 0.15) is 22.3 Å². The zero-order valence-corrected chi connectivity index (χ0v) is 17.3. The fourth-order valence-corrected chi connectivity index (χ4v) is 3.00. The minimum Gasteiger partial charge on any atom is -0.483 e. The largest absolute Gasteiger partial charge is 0.483 e. The molecule has 3 aromatic carbocycles. The Morgan fingerprint density at radius 1 is 0.733 bits per heavy atom. The Labute approximate surface area is 178 Å². The first-order valence-electron chi connectivity index (χ1n) is 9.95. The minimum atomic E-state index is 0.210. The molecule has 0 fully saturated rings. The smallest absolute Gasteiger partial charge is 0.228 e. The number of aryl methyl sites for hydroxylation is 1. The fraction of sp³-hybridized carbons (Fsp3) is 0.154. The number of hydrogen-bond donors (Lipinski definition) is 2. The van der Waals surface area contributed by atoms with E-state index in [-0.39, 0.29) is 5.88 Å². The van der Waals surface area contributed by atoms with Crippen molar-refractivity contribution in [2.24, 2.45) is 11.5 Å². The zero-order chi connectivity index (χ0) is 21.2. The number of allylic oxidation sites excluding steroid dienone is 2. The topological polar surface area (TPSA) is 70.5 Å². The molecule has 3 aromatic rings. The third-order valence-electron chi connectivity index (χ3n) is 4.52. The van der Waals surface area contributed by atoms with Gasteiger partial charge >= 0.3 is 0 Å². The molecule has 0 bridgehead atoms. The number of nitrogens with two attached hydrogens (primary N) is 2. The maximum Gasteiger partial charge on any atom is 0.228 e. The van der Waals surface area contributed by atoms with E-state index in [1.54, 1.807) is 6.08 Å². The second-order valence-electron chi connectivity index (χ2n) is 7.16. The highest BCUT2D eigenvalue weighted by molar-refractivity contribution is 5.29. The van der Waals surface area contributed by atoms with Crippen LogP contribution in [0.2, 0.25) is 0 Å². The van der Waals surface area contributed by atoms with Gasteiger partial charge in [-0.1, -0.05) is 90.5 Å². The van der Waals surface area contributed by atoms with Crippen molar-refractivity contribution in [3.8, 4) is 0 Å². The fourth-order valence-electron chi connectivity index (χ4n) is 3.00. The van der Waals surface area contributed by atoms with Gasteiger partial charge in [-0.3, -0.25) is 0 Å². The summed E-state index contributed by atoms with van der Waals surface area (Å²) in [5.74, 6) is 0.641.